The molecule has 7 heteroatoms. The molecule has 0 unspecified atom stereocenters. The number of amides is 1. The molecule has 3 aromatic rings. The Labute approximate surface area is 167 Å². The van der Waals surface area contributed by atoms with E-state index in [0.717, 1.165) is 5.52 Å². The summed E-state index contributed by atoms with van der Waals surface area (Å²) in [6.45, 7) is 1.24. The summed E-state index contributed by atoms with van der Waals surface area (Å²) in [6.07, 6.45) is 3.66. The molecule has 0 aliphatic rings. The fourth-order valence-corrected chi connectivity index (χ4v) is 2.88. The lowest BCUT2D eigenvalue weighted by Crippen LogP contribution is -2.28. The summed E-state index contributed by atoms with van der Waals surface area (Å²) in [5.41, 5.74) is 2.10. The number of halogens is 2. The van der Waals surface area contributed by atoms with E-state index < -0.39 is 6.61 Å². The van der Waals surface area contributed by atoms with Gasteiger partial charge in [0.25, 0.3) is 0 Å². The van der Waals surface area contributed by atoms with Gasteiger partial charge in [0.15, 0.2) is 5.58 Å². The summed E-state index contributed by atoms with van der Waals surface area (Å²) in [5, 5.41) is 2.93. The predicted molar refractivity (Wildman–Crippen MR) is 106 cm³/mol. The van der Waals surface area contributed by atoms with Crippen molar-refractivity contribution in [2.75, 3.05) is 0 Å². The molecule has 152 valence electrons. The van der Waals surface area contributed by atoms with Crippen molar-refractivity contribution in [1.29, 1.82) is 0 Å². The van der Waals surface area contributed by atoms with Crippen molar-refractivity contribution in [3.8, 4) is 5.75 Å². The maximum Gasteiger partial charge on any atom is 0.387 e. The van der Waals surface area contributed by atoms with Gasteiger partial charge in [-0.05, 0) is 48.2 Å². The molecule has 0 aliphatic heterocycles. The molecule has 0 aliphatic carbocycles. The molecule has 1 amide bonds. The topological polar surface area (TPSA) is 64.4 Å². The van der Waals surface area contributed by atoms with Crippen LogP contribution in [0, 0.1) is 5.92 Å². The van der Waals surface area contributed by atoms with Crippen LogP contribution in [0.1, 0.15) is 37.8 Å². The minimum Gasteiger partial charge on any atom is -0.438 e. The molecule has 29 heavy (non-hydrogen) atoms. The zero-order valence-corrected chi connectivity index (χ0v) is 16.1. The van der Waals surface area contributed by atoms with Gasteiger partial charge in [0.1, 0.15) is 17.3 Å². The van der Waals surface area contributed by atoms with Crippen LogP contribution in [0.25, 0.3) is 17.2 Å². The first-order valence-corrected chi connectivity index (χ1v) is 9.29. The molecule has 0 bridgehead atoms. The van der Waals surface area contributed by atoms with E-state index in [1.807, 2.05) is 24.3 Å². The Morgan fingerprint density at radius 1 is 1.17 bits per heavy atom. The number of aromatic nitrogens is 1. The highest BCUT2D eigenvalue weighted by molar-refractivity contribution is 5.92. The standard InChI is InChI=1S/C22H22F2N2O3/c1-14(2)13-18(21-26-17-5-3-4-6-19(17)29-21)25-20(27)12-9-15-7-10-16(11-8-15)28-22(23)24/h3-12,14,18,22H,13H2,1-2H3,(H,25,27)/b12-9+/t18-/m0/s1. The summed E-state index contributed by atoms with van der Waals surface area (Å²) < 4.78 is 34.5. The van der Waals surface area contributed by atoms with Gasteiger partial charge in [-0.25, -0.2) is 4.98 Å². The number of hydrogen-bond donors (Lipinski definition) is 1. The summed E-state index contributed by atoms with van der Waals surface area (Å²) >= 11 is 0. The zero-order valence-electron chi connectivity index (χ0n) is 16.1. The van der Waals surface area contributed by atoms with Crippen molar-refractivity contribution >= 4 is 23.1 Å². The van der Waals surface area contributed by atoms with Gasteiger partial charge in [0, 0.05) is 6.08 Å². The minimum atomic E-state index is -2.87. The number of alkyl halides is 2. The zero-order chi connectivity index (χ0) is 20.8. The van der Waals surface area contributed by atoms with E-state index in [4.69, 9.17) is 4.42 Å². The van der Waals surface area contributed by atoms with Crippen molar-refractivity contribution in [2.45, 2.75) is 32.9 Å². The van der Waals surface area contributed by atoms with Gasteiger partial charge in [-0.15, -0.1) is 0 Å². The summed E-state index contributed by atoms with van der Waals surface area (Å²) in [7, 11) is 0. The normalized spacial score (nSPS) is 12.8. The lowest BCUT2D eigenvalue weighted by atomic mass is 10.0. The van der Waals surface area contributed by atoms with E-state index in [9.17, 15) is 13.6 Å². The van der Waals surface area contributed by atoms with E-state index in [1.165, 1.54) is 18.2 Å². The second kappa shape index (κ2) is 9.32. The number of ether oxygens (including phenoxy) is 1. The number of carbonyl (C=O) groups excluding carboxylic acids is 1. The molecular formula is C22H22F2N2O3. The third-order valence-corrected chi connectivity index (χ3v) is 4.16. The molecule has 1 N–H and O–H groups in total. The molecule has 3 rings (SSSR count). The summed E-state index contributed by atoms with van der Waals surface area (Å²) in [4.78, 5) is 16.9. The largest absolute Gasteiger partial charge is 0.438 e. The quantitative estimate of drug-likeness (QED) is 0.518. The van der Waals surface area contributed by atoms with Crippen molar-refractivity contribution in [3.05, 3.63) is 66.1 Å². The molecule has 0 saturated heterocycles. The first-order valence-electron chi connectivity index (χ1n) is 9.29. The first kappa shape index (κ1) is 20.5. The Balaban J connectivity index is 1.68. The number of nitrogens with zero attached hydrogens (tertiary/aromatic N) is 1. The second-order valence-corrected chi connectivity index (χ2v) is 6.99. The van der Waals surface area contributed by atoms with Gasteiger partial charge in [-0.3, -0.25) is 4.79 Å². The monoisotopic (exact) mass is 400 g/mol. The number of nitrogens with one attached hydrogen (secondary N) is 1. The number of rotatable bonds is 8. The van der Waals surface area contributed by atoms with E-state index in [0.29, 0.717) is 29.4 Å². The average Bonchev–Trinajstić information content (AvgIpc) is 3.10. The number of fused-ring (bicyclic) bond motifs is 1. The van der Waals surface area contributed by atoms with Gasteiger partial charge in [-0.1, -0.05) is 38.1 Å². The lowest BCUT2D eigenvalue weighted by Gasteiger charge is -2.16. The smallest absolute Gasteiger partial charge is 0.387 e. The fraction of sp³-hybridized carbons (Fsp3) is 0.273. The highest BCUT2D eigenvalue weighted by Gasteiger charge is 2.21. The van der Waals surface area contributed by atoms with Crippen LogP contribution in [0.3, 0.4) is 0 Å². The van der Waals surface area contributed by atoms with E-state index in [1.54, 1.807) is 18.2 Å². The van der Waals surface area contributed by atoms with Gasteiger partial charge < -0.3 is 14.5 Å². The SMILES string of the molecule is CC(C)C[C@H](NC(=O)/C=C/c1ccc(OC(F)F)cc1)c1nc2ccccc2o1. The van der Waals surface area contributed by atoms with E-state index in [-0.39, 0.29) is 17.7 Å². The summed E-state index contributed by atoms with van der Waals surface area (Å²) in [5.74, 6) is 0.553. The van der Waals surface area contributed by atoms with Gasteiger partial charge >= 0.3 is 6.61 Å². The van der Waals surface area contributed by atoms with E-state index >= 15 is 0 Å². The third kappa shape index (κ3) is 5.88. The maximum atomic E-state index is 12.4. The van der Waals surface area contributed by atoms with Crippen molar-refractivity contribution in [2.24, 2.45) is 5.92 Å². The van der Waals surface area contributed by atoms with E-state index in [2.05, 4.69) is 28.9 Å². The Bertz CT molecular complexity index is 948. The van der Waals surface area contributed by atoms with Crippen LogP contribution in [-0.2, 0) is 4.79 Å². The number of hydrogen-bond acceptors (Lipinski definition) is 4. The van der Waals surface area contributed by atoms with Crippen LogP contribution in [0.15, 0.2) is 59.0 Å². The van der Waals surface area contributed by atoms with Crippen molar-refractivity contribution in [1.82, 2.24) is 10.3 Å². The van der Waals surface area contributed by atoms with Crippen LogP contribution < -0.4 is 10.1 Å². The molecule has 0 saturated carbocycles. The predicted octanol–water partition coefficient (Wildman–Crippen LogP) is 5.35. The second-order valence-electron chi connectivity index (χ2n) is 6.99. The van der Waals surface area contributed by atoms with Crippen molar-refractivity contribution in [3.63, 3.8) is 0 Å². The molecule has 0 radical (unpaired) electrons. The summed E-state index contributed by atoms with van der Waals surface area (Å²) in [6, 6.07) is 13.1. The number of carbonyl (C=O) groups is 1. The molecule has 1 atom stereocenters. The van der Waals surface area contributed by atoms with Gasteiger partial charge in [0.05, 0.1) is 0 Å². The van der Waals surface area contributed by atoms with Crippen LogP contribution in [0.4, 0.5) is 8.78 Å². The highest BCUT2D eigenvalue weighted by atomic mass is 19.3. The Morgan fingerprint density at radius 2 is 1.90 bits per heavy atom. The molecule has 5 nitrogen and oxygen atoms in total. The minimum absolute atomic E-state index is 0.0644. The molecule has 1 aromatic heterocycles. The third-order valence-electron chi connectivity index (χ3n) is 4.16. The highest BCUT2D eigenvalue weighted by Crippen LogP contribution is 2.25. The molecular weight excluding hydrogens is 378 g/mol. The van der Waals surface area contributed by atoms with Crippen LogP contribution in [0.2, 0.25) is 0 Å². The lowest BCUT2D eigenvalue weighted by molar-refractivity contribution is -0.117. The maximum absolute atomic E-state index is 12.4. The number of oxazole rings is 1. The molecule has 0 fully saturated rings. The Morgan fingerprint density at radius 3 is 2.55 bits per heavy atom. The molecule has 1 heterocycles. The molecule has 2 aromatic carbocycles. The van der Waals surface area contributed by atoms with Gasteiger partial charge in [-0.2, -0.15) is 8.78 Å². The van der Waals surface area contributed by atoms with Gasteiger partial charge in [0.2, 0.25) is 11.8 Å². The average molecular weight is 400 g/mol. The van der Waals surface area contributed by atoms with Crippen molar-refractivity contribution < 1.29 is 22.7 Å². The van der Waals surface area contributed by atoms with Crippen LogP contribution >= 0.6 is 0 Å². The Hall–Kier alpha value is -3.22. The molecule has 0 spiro atoms. The number of benzene rings is 2. The Kier molecular flexibility index (Phi) is 6.59. The number of para-hydroxylation sites is 2. The van der Waals surface area contributed by atoms with Crippen LogP contribution in [0.5, 0.6) is 5.75 Å². The fourth-order valence-electron chi connectivity index (χ4n) is 2.88. The van der Waals surface area contributed by atoms with Crippen LogP contribution in [-0.4, -0.2) is 17.5 Å². The first-order chi connectivity index (χ1) is 13.9.